The van der Waals surface area contributed by atoms with Gasteiger partial charge in [0.25, 0.3) is 5.69 Å². The number of rotatable bonds is 4. The van der Waals surface area contributed by atoms with Gasteiger partial charge in [-0.15, -0.1) is 0 Å². The fourth-order valence-corrected chi connectivity index (χ4v) is 1.60. The Morgan fingerprint density at radius 3 is 2.38 bits per heavy atom. The van der Waals surface area contributed by atoms with Crippen molar-refractivity contribution in [1.29, 1.82) is 0 Å². The van der Waals surface area contributed by atoms with E-state index in [1.54, 1.807) is 20.8 Å². The van der Waals surface area contributed by atoms with Crippen LogP contribution < -0.4 is 5.32 Å². The van der Waals surface area contributed by atoms with Gasteiger partial charge in [-0.3, -0.25) is 10.1 Å². The van der Waals surface area contributed by atoms with Gasteiger partial charge in [0.1, 0.15) is 5.60 Å². The summed E-state index contributed by atoms with van der Waals surface area (Å²) >= 11 is 0. The largest absolute Gasteiger partial charge is 0.479 e. The van der Waals surface area contributed by atoms with E-state index < -0.39 is 28.6 Å². The molecule has 1 amide bonds. The summed E-state index contributed by atoms with van der Waals surface area (Å²) in [6.45, 7) is 4.86. The molecular formula is C13H16N2O6. The van der Waals surface area contributed by atoms with Gasteiger partial charge < -0.3 is 15.2 Å². The normalized spacial score (nSPS) is 12.3. The van der Waals surface area contributed by atoms with Crippen molar-refractivity contribution >= 4 is 17.7 Å². The van der Waals surface area contributed by atoms with Crippen molar-refractivity contribution in [2.24, 2.45) is 0 Å². The number of ether oxygens (including phenoxy) is 1. The second-order valence-electron chi connectivity index (χ2n) is 5.23. The number of carboxylic acids is 1. The molecule has 0 aliphatic rings. The number of nitro benzene ring substituents is 1. The highest BCUT2D eigenvalue weighted by Crippen LogP contribution is 2.25. The van der Waals surface area contributed by atoms with Crippen LogP contribution in [0.3, 0.4) is 0 Å². The Balaban J connectivity index is 3.06. The predicted molar refractivity (Wildman–Crippen MR) is 72.8 cm³/mol. The maximum atomic E-state index is 11.7. The van der Waals surface area contributed by atoms with Crippen LogP contribution in [0.25, 0.3) is 0 Å². The molecule has 21 heavy (non-hydrogen) atoms. The molecule has 0 unspecified atom stereocenters. The van der Waals surface area contributed by atoms with Gasteiger partial charge in [-0.25, -0.2) is 9.59 Å². The molecule has 114 valence electrons. The maximum Gasteiger partial charge on any atom is 0.408 e. The fraction of sp³-hybridized carbons (Fsp3) is 0.385. The van der Waals surface area contributed by atoms with E-state index in [4.69, 9.17) is 4.74 Å². The van der Waals surface area contributed by atoms with Crippen LogP contribution in [0.4, 0.5) is 10.5 Å². The van der Waals surface area contributed by atoms with Crippen molar-refractivity contribution in [1.82, 2.24) is 5.32 Å². The molecule has 0 saturated heterocycles. The standard InChI is InChI=1S/C13H16N2O6/c1-13(2,3)21-12(18)14-10(11(16)17)8-6-4-5-7-9(8)15(19)20/h4-7,10H,1-3H3,(H,14,18)(H,16,17)/t10-/m1/s1. The zero-order chi connectivity index (χ0) is 16.2. The Morgan fingerprint density at radius 1 is 1.33 bits per heavy atom. The third-order valence-electron chi connectivity index (χ3n) is 2.35. The number of hydrogen-bond donors (Lipinski definition) is 2. The number of amides is 1. The molecule has 0 aliphatic heterocycles. The summed E-state index contributed by atoms with van der Waals surface area (Å²) < 4.78 is 4.96. The number of nitrogens with one attached hydrogen (secondary N) is 1. The summed E-state index contributed by atoms with van der Waals surface area (Å²) in [5, 5.41) is 22.2. The molecule has 1 rings (SSSR count). The monoisotopic (exact) mass is 296 g/mol. The molecule has 0 radical (unpaired) electrons. The summed E-state index contributed by atoms with van der Waals surface area (Å²) in [5.74, 6) is -1.42. The lowest BCUT2D eigenvalue weighted by atomic mass is 10.1. The number of nitrogens with zero attached hydrogens (tertiary/aromatic N) is 1. The Kier molecular flexibility index (Phi) is 4.85. The highest BCUT2D eigenvalue weighted by Gasteiger charge is 2.30. The van der Waals surface area contributed by atoms with Crippen LogP contribution in [0.15, 0.2) is 24.3 Å². The Morgan fingerprint density at radius 2 is 1.90 bits per heavy atom. The molecule has 2 N–H and O–H groups in total. The average molecular weight is 296 g/mol. The lowest BCUT2D eigenvalue weighted by Crippen LogP contribution is -2.38. The molecule has 0 saturated carbocycles. The SMILES string of the molecule is CC(C)(C)OC(=O)N[C@@H](C(=O)O)c1ccccc1[N+](=O)[O-]. The van der Waals surface area contributed by atoms with Crippen molar-refractivity contribution in [2.75, 3.05) is 0 Å². The van der Waals surface area contributed by atoms with Crippen molar-refractivity contribution < 1.29 is 24.4 Å². The molecule has 0 bridgehead atoms. The van der Waals surface area contributed by atoms with E-state index in [1.807, 2.05) is 0 Å². The van der Waals surface area contributed by atoms with Gasteiger partial charge in [-0.1, -0.05) is 12.1 Å². The molecule has 1 aromatic carbocycles. The van der Waals surface area contributed by atoms with Gasteiger partial charge in [0.2, 0.25) is 0 Å². The van der Waals surface area contributed by atoms with Gasteiger partial charge in [-0.2, -0.15) is 0 Å². The third-order valence-corrected chi connectivity index (χ3v) is 2.35. The van der Waals surface area contributed by atoms with Gasteiger partial charge >= 0.3 is 12.1 Å². The van der Waals surface area contributed by atoms with Crippen LogP contribution in [0.2, 0.25) is 0 Å². The molecule has 0 spiro atoms. The van der Waals surface area contributed by atoms with Crippen LogP contribution in [-0.4, -0.2) is 27.7 Å². The Labute approximate surface area is 120 Å². The van der Waals surface area contributed by atoms with Gasteiger partial charge in [0.05, 0.1) is 10.5 Å². The van der Waals surface area contributed by atoms with Crippen LogP contribution in [0, 0.1) is 10.1 Å². The van der Waals surface area contributed by atoms with Crippen LogP contribution >= 0.6 is 0 Å². The first-order valence-electron chi connectivity index (χ1n) is 6.07. The van der Waals surface area contributed by atoms with E-state index in [0.717, 1.165) is 0 Å². The summed E-state index contributed by atoms with van der Waals surface area (Å²) in [7, 11) is 0. The predicted octanol–water partition coefficient (Wildman–Crippen LogP) is 2.25. The van der Waals surface area contributed by atoms with Crippen molar-refractivity contribution in [3.05, 3.63) is 39.9 Å². The number of benzene rings is 1. The van der Waals surface area contributed by atoms with E-state index in [-0.39, 0.29) is 11.3 Å². The quantitative estimate of drug-likeness (QED) is 0.649. The number of hydrogen-bond acceptors (Lipinski definition) is 5. The number of alkyl carbamates (subject to hydrolysis) is 1. The first kappa shape index (κ1) is 16.4. The topological polar surface area (TPSA) is 119 Å². The highest BCUT2D eigenvalue weighted by atomic mass is 16.6. The minimum Gasteiger partial charge on any atom is -0.479 e. The molecule has 1 aromatic rings. The lowest BCUT2D eigenvalue weighted by Gasteiger charge is -2.22. The molecule has 0 aromatic heterocycles. The van der Waals surface area contributed by atoms with Crippen molar-refractivity contribution in [3.8, 4) is 0 Å². The van der Waals surface area contributed by atoms with Gasteiger partial charge in [0.15, 0.2) is 6.04 Å². The van der Waals surface area contributed by atoms with E-state index in [1.165, 1.54) is 24.3 Å². The molecular weight excluding hydrogens is 280 g/mol. The van der Waals surface area contributed by atoms with E-state index >= 15 is 0 Å². The molecule has 8 heteroatoms. The van der Waals surface area contributed by atoms with Crippen LogP contribution in [-0.2, 0) is 9.53 Å². The molecule has 0 aliphatic carbocycles. The molecule has 8 nitrogen and oxygen atoms in total. The average Bonchev–Trinajstić information content (AvgIpc) is 2.33. The summed E-state index contributed by atoms with van der Waals surface area (Å²) in [6, 6.07) is 3.74. The lowest BCUT2D eigenvalue weighted by molar-refractivity contribution is -0.385. The van der Waals surface area contributed by atoms with Crippen LogP contribution in [0.1, 0.15) is 32.4 Å². The van der Waals surface area contributed by atoms with E-state index in [0.29, 0.717) is 0 Å². The Hall–Kier alpha value is -2.64. The number of aliphatic carboxylic acids is 1. The maximum absolute atomic E-state index is 11.7. The molecule has 0 heterocycles. The highest BCUT2D eigenvalue weighted by molar-refractivity contribution is 5.82. The number of carbonyl (C=O) groups is 2. The Bertz CT molecular complexity index is 564. The minimum absolute atomic E-state index is 0.124. The molecule has 0 fully saturated rings. The minimum atomic E-state index is -1.57. The fourth-order valence-electron chi connectivity index (χ4n) is 1.60. The second-order valence-corrected chi connectivity index (χ2v) is 5.23. The number of carbonyl (C=O) groups excluding carboxylic acids is 1. The van der Waals surface area contributed by atoms with E-state index in [9.17, 15) is 24.8 Å². The number of para-hydroxylation sites is 1. The zero-order valence-electron chi connectivity index (χ0n) is 11.8. The first-order valence-corrected chi connectivity index (χ1v) is 6.07. The summed E-state index contributed by atoms with van der Waals surface area (Å²) in [5.41, 5.74) is -1.32. The summed E-state index contributed by atoms with van der Waals surface area (Å²) in [4.78, 5) is 33.2. The second kappa shape index (κ2) is 6.21. The van der Waals surface area contributed by atoms with Gasteiger partial charge in [0, 0.05) is 6.07 Å². The smallest absolute Gasteiger partial charge is 0.408 e. The van der Waals surface area contributed by atoms with Crippen molar-refractivity contribution in [3.63, 3.8) is 0 Å². The number of nitro groups is 1. The number of carboxylic acid groups (broad SMARTS) is 1. The first-order chi connectivity index (χ1) is 9.61. The third kappa shape index (κ3) is 4.75. The van der Waals surface area contributed by atoms with Crippen molar-refractivity contribution in [2.45, 2.75) is 32.4 Å². The van der Waals surface area contributed by atoms with Crippen LogP contribution in [0.5, 0.6) is 0 Å². The summed E-state index contributed by atoms with van der Waals surface area (Å²) in [6.07, 6.45) is -0.965. The van der Waals surface area contributed by atoms with E-state index in [2.05, 4.69) is 5.32 Å². The zero-order valence-corrected chi connectivity index (χ0v) is 11.8. The molecule has 1 atom stereocenters. The van der Waals surface area contributed by atoms with Gasteiger partial charge in [-0.05, 0) is 26.8 Å².